The molecule has 0 aliphatic carbocycles. The fraction of sp³-hybridized carbons (Fsp3) is 0.167. The minimum absolute atomic E-state index is 0.987. The summed E-state index contributed by atoms with van der Waals surface area (Å²) in [5, 5.41) is 8.45. The number of rotatable bonds is 1. The van der Waals surface area contributed by atoms with E-state index in [9.17, 15) is 0 Å². The molecule has 2 heterocycles. The fourth-order valence-electron chi connectivity index (χ4n) is 4.66. The first-order chi connectivity index (χ1) is 13.4. The van der Waals surface area contributed by atoms with Crippen molar-refractivity contribution in [2.75, 3.05) is 0 Å². The Bertz CT molecular complexity index is 1560. The summed E-state index contributed by atoms with van der Waals surface area (Å²) in [7, 11) is 0. The van der Waals surface area contributed by atoms with E-state index in [4.69, 9.17) is 9.40 Å². The van der Waals surface area contributed by atoms with Crippen LogP contribution in [0.2, 0.25) is 17.3 Å². The molecular weight excluding hydrogens is 405 g/mol. The quantitative estimate of drug-likeness (QED) is 0.181. The van der Waals surface area contributed by atoms with Crippen molar-refractivity contribution >= 4 is 72.0 Å². The van der Waals surface area contributed by atoms with Gasteiger partial charge in [-0.15, -0.1) is 0 Å². The van der Waals surface area contributed by atoms with Crippen LogP contribution in [-0.4, -0.2) is 23.2 Å². The second-order valence-corrected chi connectivity index (χ2v) is 19.3. The van der Waals surface area contributed by atoms with Gasteiger partial charge in [0.05, 0.1) is 0 Å². The van der Waals surface area contributed by atoms with Crippen LogP contribution in [0.25, 0.3) is 54.3 Å². The number of benzene rings is 4. The molecule has 0 aliphatic heterocycles. The van der Waals surface area contributed by atoms with Gasteiger partial charge in [-0.05, 0) is 0 Å². The molecule has 28 heavy (non-hydrogen) atoms. The number of aryl methyl sites for hydroxylation is 1. The van der Waals surface area contributed by atoms with E-state index in [1.54, 1.807) is 6.33 Å². The Balaban J connectivity index is 1.99. The molecule has 6 rings (SSSR count). The average Bonchev–Trinajstić information content (AvgIpc) is 3.02. The number of aromatic nitrogens is 2. The van der Waals surface area contributed by atoms with E-state index >= 15 is 0 Å². The molecule has 0 spiro atoms. The van der Waals surface area contributed by atoms with Gasteiger partial charge in [0.2, 0.25) is 0 Å². The number of fused-ring (bicyclic) bond motifs is 4. The Morgan fingerprint density at radius 2 is 1.54 bits per heavy atom. The third kappa shape index (κ3) is 2.00. The van der Waals surface area contributed by atoms with Crippen molar-refractivity contribution in [3.05, 3.63) is 54.6 Å². The maximum absolute atomic E-state index is 6.45. The zero-order valence-electron chi connectivity index (χ0n) is 16.4. The Kier molecular flexibility index (Phi) is 3.05. The Morgan fingerprint density at radius 1 is 0.821 bits per heavy atom. The van der Waals surface area contributed by atoms with Crippen molar-refractivity contribution in [1.29, 1.82) is 0 Å². The third-order valence-electron chi connectivity index (χ3n) is 5.95. The van der Waals surface area contributed by atoms with E-state index in [0.29, 0.717) is 0 Å². The van der Waals surface area contributed by atoms with Crippen LogP contribution < -0.4 is 4.40 Å². The predicted octanol–water partition coefficient (Wildman–Crippen LogP) is 6.13. The first-order valence-corrected chi connectivity index (χ1v) is 17.0. The molecule has 0 saturated heterocycles. The average molecular weight is 425 g/mol. The van der Waals surface area contributed by atoms with Crippen LogP contribution in [0.5, 0.6) is 0 Å². The summed E-state index contributed by atoms with van der Waals surface area (Å²) in [5.74, 6) is 8.22. The summed E-state index contributed by atoms with van der Waals surface area (Å²) in [4.78, 5) is 9.39. The van der Waals surface area contributed by atoms with E-state index in [1.165, 1.54) is 36.7 Å². The van der Waals surface area contributed by atoms with Gasteiger partial charge in [0.15, 0.2) is 0 Å². The van der Waals surface area contributed by atoms with Crippen LogP contribution in [0.4, 0.5) is 0 Å². The molecule has 136 valence electrons. The van der Waals surface area contributed by atoms with E-state index in [1.807, 2.05) is 0 Å². The summed E-state index contributed by atoms with van der Waals surface area (Å²) < 4.78 is 7.83. The minimum atomic E-state index is -2.16. The van der Waals surface area contributed by atoms with E-state index < -0.39 is 13.3 Å². The Labute approximate surface area is 165 Å². The van der Waals surface area contributed by atoms with Crippen molar-refractivity contribution < 1.29 is 4.42 Å². The van der Waals surface area contributed by atoms with Crippen molar-refractivity contribution in [2.24, 2.45) is 0 Å². The molecule has 2 aromatic heterocycles. The second kappa shape index (κ2) is 5.23. The number of nitrogens with zero attached hydrogens (tertiary/aromatic N) is 2. The SMILES string of the molecule is Cc1oc2[c]([Ge]([CH3])([CH3])[CH3])cc3ncnc4c5cc6ccccc6cc5c1c2c34. The van der Waals surface area contributed by atoms with Crippen molar-refractivity contribution in [3.63, 3.8) is 0 Å². The maximum atomic E-state index is 6.45. The van der Waals surface area contributed by atoms with Crippen LogP contribution in [-0.2, 0) is 0 Å². The summed E-state index contributed by atoms with van der Waals surface area (Å²) >= 11 is -2.16. The Hall–Kier alpha value is -2.66. The molecule has 0 saturated carbocycles. The van der Waals surface area contributed by atoms with E-state index in [-0.39, 0.29) is 0 Å². The number of hydrogen-bond acceptors (Lipinski definition) is 3. The van der Waals surface area contributed by atoms with Gasteiger partial charge in [0.1, 0.15) is 0 Å². The first kappa shape index (κ1) is 16.3. The molecule has 0 aliphatic rings. The summed E-state index contributed by atoms with van der Waals surface area (Å²) in [5.41, 5.74) is 3.12. The molecule has 0 bridgehead atoms. The molecule has 3 nitrogen and oxygen atoms in total. The van der Waals surface area contributed by atoms with Gasteiger partial charge < -0.3 is 0 Å². The van der Waals surface area contributed by atoms with Gasteiger partial charge in [0.25, 0.3) is 0 Å². The van der Waals surface area contributed by atoms with Crippen LogP contribution in [0.1, 0.15) is 5.76 Å². The molecule has 0 fully saturated rings. The van der Waals surface area contributed by atoms with Crippen LogP contribution in [0.3, 0.4) is 0 Å². The van der Waals surface area contributed by atoms with Gasteiger partial charge in [0, 0.05) is 0 Å². The van der Waals surface area contributed by atoms with Crippen LogP contribution >= 0.6 is 0 Å². The standard InChI is InChI=1S/C24H20GeN2O/c1-13-20-16-9-14-7-5-6-8-15(14)10-17(16)23-21-19(26-12-27-23)11-18(25(2,3)4)24(28-13)22(20)21/h5-12H,1-4H3. The molecule has 0 unspecified atom stereocenters. The van der Waals surface area contributed by atoms with E-state index in [0.717, 1.165) is 27.8 Å². The van der Waals surface area contributed by atoms with Gasteiger partial charge >= 0.3 is 165 Å². The normalized spacial score (nSPS) is 13.0. The summed E-state index contributed by atoms with van der Waals surface area (Å²) in [6.07, 6.45) is 1.71. The monoisotopic (exact) mass is 426 g/mol. The zero-order chi connectivity index (χ0) is 19.2. The van der Waals surface area contributed by atoms with Crippen LogP contribution in [0, 0.1) is 6.92 Å². The van der Waals surface area contributed by atoms with Crippen molar-refractivity contribution in [3.8, 4) is 0 Å². The molecular formula is C24H20GeN2O. The molecule has 0 N–H and O–H groups in total. The Morgan fingerprint density at radius 3 is 2.25 bits per heavy atom. The van der Waals surface area contributed by atoms with Crippen molar-refractivity contribution in [2.45, 2.75) is 24.2 Å². The van der Waals surface area contributed by atoms with E-state index in [2.05, 4.69) is 71.6 Å². The summed E-state index contributed by atoms with van der Waals surface area (Å²) in [6, 6.07) is 15.3. The molecule has 4 aromatic carbocycles. The first-order valence-electron chi connectivity index (χ1n) is 9.68. The van der Waals surface area contributed by atoms with Gasteiger partial charge in [-0.3, -0.25) is 0 Å². The van der Waals surface area contributed by atoms with Gasteiger partial charge in [-0.2, -0.15) is 0 Å². The molecule has 6 aromatic rings. The third-order valence-corrected chi connectivity index (χ3v) is 10.1. The van der Waals surface area contributed by atoms with Gasteiger partial charge in [-0.1, -0.05) is 0 Å². The molecule has 4 heteroatoms. The predicted molar refractivity (Wildman–Crippen MR) is 121 cm³/mol. The second-order valence-electron chi connectivity index (χ2n) is 8.77. The van der Waals surface area contributed by atoms with Gasteiger partial charge in [-0.25, -0.2) is 0 Å². The fourth-order valence-corrected chi connectivity index (χ4v) is 7.65. The van der Waals surface area contributed by atoms with Crippen LogP contribution in [0.15, 0.2) is 53.2 Å². The summed E-state index contributed by atoms with van der Waals surface area (Å²) in [6.45, 7) is 2.09. The van der Waals surface area contributed by atoms with Crippen molar-refractivity contribution in [1.82, 2.24) is 9.97 Å². The number of furan rings is 1. The molecule has 0 amide bonds. The molecule has 0 atom stereocenters. The topological polar surface area (TPSA) is 38.9 Å². The zero-order valence-corrected chi connectivity index (χ0v) is 18.5. The molecule has 0 radical (unpaired) electrons. The number of hydrogen-bond donors (Lipinski definition) is 0.